The molecule has 0 aliphatic rings. The van der Waals surface area contributed by atoms with Gasteiger partial charge in [0, 0.05) is 6.32 Å². The molecule has 0 saturated carbocycles. The van der Waals surface area contributed by atoms with Crippen molar-refractivity contribution in [2.45, 2.75) is 6.32 Å². The molecule has 0 rings (SSSR count). The monoisotopic (exact) mass is 121 g/mol. The molecule has 0 N–H and O–H groups in total. The highest BCUT2D eigenvalue weighted by atomic mass is 19.2. The van der Waals surface area contributed by atoms with Crippen LogP contribution in [0, 0.1) is 0 Å². The van der Waals surface area contributed by atoms with Crippen LogP contribution in [0.5, 0.6) is 0 Å². The van der Waals surface area contributed by atoms with Gasteiger partial charge in [-0.2, -0.15) is 0 Å². The molecule has 0 aromatic heterocycles. The van der Waals surface area contributed by atoms with E-state index in [4.69, 9.17) is 0 Å². The molecule has 0 aromatic carbocycles. The van der Waals surface area contributed by atoms with Crippen LogP contribution < -0.4 is 0 Å². The summed E-state index contributed by atoms with van der Waals surface area (Å²) in [7, 11) is 1.41. The van der Waals surface area contributed by atoms with E-state index in [1.807, 2.05) is 0 Å². The first kappa shape index (κ1) is 7.88. The molecule has 0 amide bonds. The maximum absolute atomic E-state index is 11.4. The Morgan fingerprint density at radius 3 is 2.00 bits per heavy atom. The zero-order valence-electron chi connectivity index (χ0n) is 5.19. The fraction of sp³-hybridized carbons (Fsp3) is 1.00. The van der Waals surface area contributed by atoms with E-state index in [2.05, 4.69) is 0 Å². The predicted octanol–water partition coefficient (Wildman–Crippen LogP) is 0.975. The minimum Gasteiger partial charge on any atom is -0.310 e. The second kappa shape index (κ2) is 3.84. The van der Waals surface area contributed by atoms with Crippen LogP contribution >= 0.6 is 0 Å². The van der Waals surface area contributed by atoms with Crippen molar-refractivity contribution in [3.05, 3.63) is 0 Å². The van der Waals surface area contributed by atoms with E-state index in [0.717, 1.165) is 0 Å². The third kappa shape index (κ3) is 5.88. The van der Waals surface area contributed by atoms with Gasteiger partial charge in [0.15, 0.2) is 0 Å². The van der Waals surface area contributed by atoms with E-state index >= 15 is 0 Å². The molecule has 0 radical (unpaired) electrons. The number of nitrogens with zero attached hydrogens (tertiary/aromatic N) is 1. The third-order valence-electron chi connectivity index (χ3n) is 0.795. The predicted molar refractivity (Wildman–Crippen MR) is 31.3 cm³/mol. The Morgan fingerprint density at radius 2 is 1.88 bits per heavy atom. The lowest BCUT2D eigenvalue weighted by atomic mass is 9.93. The van der Waals surface area contributed by atoms with Crippen LogP contribution in [0.3, 0.4) is 0 Å². The van der Waals surface area contributed by atoms with Gasteiger partial charge in [-0.05, 0) is 20.6 Å². The van der Waals surface area contributed by atoms with Gasteiger partial charge in [0.25, 0.3) is 0 Å². The Morgan fingerprint density at radius 1 is 1.38 bits per heavy atom. The molecule has 8 heavy (non-hydrogen) atoms. The quantitative estimate of drug-likeness (QED) is 0.503. The molecule has 0 aliphatic carbocycles. The average molecular weight is 121 g/mol. The van der Waals surface area contributed by atoms with Crippen molar-refractivity contribution in [1.29, 1.82) is 0 Å². The molecule has 0 heterocycles. The fourth-order valence-corrected chi connectivity index (χ4v) is 0.356. The Balaban J connectivity index is 2.93. The number of hydrogen-bond acceptors (Lipinski definition) is 1. The maximum atomic E-state index is 11.4. The van der Waals surface area contributed by atoms with Gasteiger partial charge in [-0.25, -0.2) is 0 Å². The summed E-state index contributed by atoms with van der Waals surface area (Å²) in [6.45, 7) is 0.470. The highest BCUT2D eigenvalue weighted by Crippen LogP contribution is 1.94. The molecule has 0 bridgehead atoms. The van der Waals surface area contributed by atoms with Gasteiger partial charge >= 0.3 is 7.27 Å². The van der Waals surface area contributed by atoms with Gasteiger partial charge in [-0.1, -0.05) is 0 Å². The van der Waals surface area contributed by atoms with Crippen molar-refractivity contribution >= 4 is 7.27 Å². The summed E-state index contributed by atoms with van der Waals surface area (Å²) in [5.74, 6) is 0. The van der Waals surface area contributed by atoms with Crippen LogP contribution in [0.4, 0.5) is 8.63 Å². The summed E-state index contributed by atoms with van der Waals surface area (Å²) < 4.78 is 22.7. The van der Waals surface area contributed by atoms with Crippen molar-refractivity contribution in [3.8, 4) is 0 Å². The SMILES string of the molecule is CN(C)CCB(F)F. The van der Waals surface area contributed by atoms with Crippen molar-refractivity contribution < 1.29 is 8.63 Å². The Hall–Kier alpha value is -0.115. The van der Waals surface area contributed by atoms with Crippen LogP contribution in [-0.4, -0.2) is 32.8 Å². The zero-order chi connectivity index (χ0) is 6.57. The first-order valence-corrected chi connectivity index (χ1v) is 2.56. The van der Waals surface area contributed by atoms with Crippen molar-refractivity contribution in [3.63, 3.8) is 0 Å². The minimum absolute atomic E-state index is 0.0208. The first-order valence-electron chi connectivity index (χ1n) is 2.56. The highest BCUT2D eigenvalue weighted by molar-refractivity contribution is 6.42. The first-order chi connectivity index (χ1) is 3.63. The standard InChI is InChI=1S/C4H10BF2N/c1-8(2)4-3-5(6)7/h3-4H2,1-2H3. The second-order valence-corrected chi connectivity index (χ2v) is 1.98. The molecular weight excluding hydrogens is 111 g/mol. The molecule has 1 nitrogen and oxygen atoms in total. The van der Waals surface area contributed by atoms with E-state index in [0.29, 0.717) is 6.54 Å². The molecular formula is C4H10BF2N. The van der Waals surface area contributed by atoms with Crippen molar-refractivity contribution in [2.75, 3.05) is 20.6 Å². The summed E-state index contributed by atoms with van der Waals surface area (Å²) in [5, 5.41) is 0. The van der Waals surface area contributed by atoms with Crippen LogP contribution in [0.15, 0.2) is 0 Å². The van der Waals surface area contributed by atoms with Crippen molar-refractivity contribution in [2.24, 2.45) is 0 Å². The lowest BCUT2D eigenvalue weighted by Gasteiger charge is -2.05. The highest BCUT2D eigenvalue weighted by Gasteiger charge is 2.10. The number of rotatable bonds is 3. The Bertz CT molecular complexity index is 50.0. The molecule has 48 valence electrons. The number of hydrogen-bond donors (Lipinski definition) is 0. The van der Waals surface area contributed by atoms with Crippen LogP contribution in [0.2, 0.25) is 6.32 Å². The summed E-state index contributed by atoms with van der Waals surface area (Å²) in [6, 6.07) is 0. The summed E-state index contributed by atoms with van der Waals surface area (Å²) in [6.07, 6.45) is -0.0208. The molecule has 0 spiro atoms. The minimum atomic E-state index is -2.16. The molecule has 4 heteroatoms. The molecule has 0 aromatic rings. The van der Waals surface area contributed by atoms with Gasteiger partial charge in [-0.3, -0.25) is 8.63 Å². The van der Waals surface area contributed by atoms with Gasteiger partial charge < -0.3 is 4.90 Å². The molecule has 0 fully saturated rings. The number of halogens is 2. The van der Waals surface area contributed by atoms with Gasteiger partial charge in [0.2, 0.25) is 0 Å². The van der Waals surface area contributed by atoms with Crippen LogP contribution in [0.1, 0.15) is 0 Å². The topological polar surface area (TPSA) is 3.24 Å². The van der Waals surface area contributed by atoms with E-state index in [-0.39, 0.29) is 6.32 Å². The van der Waals surface area contributed by atoms with Crippen LogP contribution in [-0.2, 0) is 0 Å². The van der Waals surface area contributed by atoms with Gasteiger partial charge in [0.1, 0.15) is 0 Å². The summed E-state index contributed by atoms with van der Waals surface area (Å²) >= 11 is 0. The van der Waals surface area contributed by atoms with E-state index in [1.54, 1.807) is 19.0 Å². The molecule has 0 atom stereocenters. The second-order valence-electron chi connectivity index (χ2n) is 1.98. The smallest absolute Gasteiger partial charge is 0.310 e. The lowest BCUT2D eigenvalue weighted by molar-refractivity contribution is 0.423. The lowest BCUT2D eigenvalue weighted by Crippen LogP contribution is -2.16. The summed E-state index contributed by atoms with van der Waals surface area (Å²) in [4.78, 5) is 1.74. The maximum Gasteiger partial charge on any atom is 0.539 e. The fourth-order valence-electron chi connectivity index (χ4n) is 0.356. The normalized spacial score (nSPS) is 10.1. The van der Waals surface area contributed by atoms with E-state index < -0.39 is 7.27 Å². The van der Waals surface area contributed by atoms with E-state index in [9.17, 15) is 8.63 Å². The van der Waals surface area contributed by atoms with E-state index in [1.165, 1.54) is 0 Å². The third-order valence-corrected chi connectivity index (χ3v) is 0.795. The Labute approximate surface area is 48.8 Å². The van der Waals surface area contributed by atoms with Crippen molar-refractivity contribution in [1.82, 2.24) is 4.90 Å². The van der Waals surface area contributed by atoms with Crippen LogP contribution in [0.25, 0.3) is 0 Å². The molecule has 0 saturated heterocycles. The average Bonchev–Trinajstić information content (AvgIpc) is 1.61. The molecule has 0 aliphatic heterocycles. The van der Waals surface area contributed by atoms with Gasteiger partial charge in [0.05, 0.1) is 0 Å². The largest absolute Gasteiger partial charge is 0.539 e. The Kier molecular flexibility index (Phi) is 3.78. The molecule has 0 unspecified atom stereocenters. The van der Waals surface area contributed by atoms with Gasteiger partial charge in [-0.15, -0.1) is 0 Å². The summed E-state index contributed by atoms with van der Waals surface area (Å²) in [5.41, 5.74) is 0. The zero-order valence-corrected chi connectivity index (χ0v) is 5.19.